The summed E-state index contributed by atoms with van der Waals surface area (Å²) in [6, 6.07) is 9.29. The Morgan fingerprint density at radius 3 is 2.44 bits per heavy atom. The Morgan fingerprint density at radius 1 is 1.17 bits per heavy atom. The van der Waals surface area contributed by atoms with E-state index in [2.05, 4.69) is 4.98 Å². The number of aromatic nitrogens is 1. The molecule has 0 aliphatic heterocycles. The number of ketones is 1. The van der Waals surface area contributed by atoms with Crippen molar-refractivity contribution in [3.05, 3.63) is 53.2 Å². The fraction of sp³-hybridized carbons (Fsp3) is 0.200. The van der Waals surface area contributed by atoms with Crippen molar-refractivity contribution in [1.29, 1.82) is 0 Å². The summed E-state index contributed by atoms with van der Waals surface area (Å²) in [5.41, 5.74) is 2.70. The molecule has 0 bridgehead atoms. The van der Waals surface area contributed by atoms with Gasteiger partial charge in [0, 0.05) is 17.8 Å². The van der Waals surface area contributed by atoms with E-state index in [1.165, 1.54) is 6.92 Å². The lowest BCUT2D eigenvalue weighted by Crippen LogP contribution is -1.96. The van der Waals surface area contributed by atoms with Crippen molar-refractivity contribution in [3.63, 3.8) is 0 Å². The number of carbonyl (C=O) groups excluding carboxylic acids is 1. The zero-order valence-electron chi connectivity index (χ0n) is 10.7. The third kappa shape index (κ3) is 2.56. The predicted octanol–water partition coefficient (Wildman–Crippen LogP) is 3.69. The molecule has 0 radical (unpaired) electrons. The number of hydrogen-bond donors (Lipinski definition) is 0. The zero-order valence-corrected chi connectivity index (χ0v) is 10.7. The van der Waals surface area contributed by atoms with Crippen LogP contribution in [0.1, 0.15) is 28.4 Å². The molecule has 2 aromatic rings. The van der Waals surface area contributed by atoms with Gasteiger partial charge in [-0.05, 0) is 38.0 Å². The Hall–Kier alpha value is -2.16. The number of Topliss-reactive ketones (excluding diaryl/α,β-unsaturated/α-hetero) is 1. The van der Waals surface area contributed by atoms with E-state index in [4.69, 9.17) is 4.74 Å². The van der Waals surface area contributed by atoms with Gasteiger partial charge in [0.15, 0.2) is 5.78 Å². The van der Waals surface area contributed by atoms with Crippen LogP contribution in [-0.2, 0) is 0 Å². The minimum atomic E-state index is 0.00348. The van der Waals surface area contributed by atoms with Crippen LogP contribution in [-0.4, -0.2) is 10.8 Å². The second kappa shape index (κ2) is 5.00. The van der Waals surface area contributed by atoms with Crippen molar-refractivity contribution in [2.45, 2.75) is 20.8 Å². The van der Waals surface area contributed by atoms with Crippen LogP contribution in [0, 0.1) is 13.8 Å². The highest BCUT2D eigenvalue weighted by Gasteiger charge is 2.07. The minimum absolute atomic E-state index is 0.00348. The number of para-hydroxylation sites is 1. The summed E-state index contributed by atoms with van der Waals surface area (Å²) in [5, 5.41) is 0. The molecule has 3 heteroatoms. The van der Waals surface area contributed by atoms with E-state index >= 15 is 0 Å². The number of benzene rings is 1. The van der Waals surface area contributed by atoms with Gasteiger partial charge in [0.25, 0.3) is 0 Å². The lowest BCUT2D eigenvalue weighted by atomic mass is 10.1. The van der Waals surface area contributed by atoms with E-state index in [9.17, 15) is 4.79 Å². The van der Waals surface area contributed by atoms with Gasteiger partial charge in [0.2, 0.25) is 5.88 Å². The summed E-state index contributed by atoms with van der Waals surface area (Å²) < 4.78 is 5.77. The average Bonchev–Trinajstić information content (AvgIpc) is 2.34. The molecule has 0 amide bonds. The summed E-state index contributed by atoms with van der Waals surface area (Å²) in [5.74, 6) is 1.24. The van der Waals surface area contributed by atoms with Crippen molar-refractivity contribution >= 4 is 5.78 Å². The molecule has 0 N–H and O–H groups in total. The SMILES string of the molecule is CC(=O)c1ccnc(Oc2c(C)cccc2C)c1. The monoisotopic (exact) mass is 241 g/mol. The molecule has 0 aliphatic rings. The highest BCUT2D eigenvalue weighted by molar-refractivity contribution is 5.94. The predicted molar refractivity (Wildman–Crippen MR) is 70.2 cm³/mol. The van der Waals surface area contributed by atoms with Crippen molar-refractivity contribution < 1.29 is 9.53 Å². The molecule has 18 heavy (non-hydrogen) atoms. The Kier molecular flexibility index (Phi) is 3.42. The molecular formula is C15H15NO2. The average molecular weight is 241 g/mol. The van der Waals surface area contributed by atoms with Crippen LogP contribution in [0.15, 0.2) is 36.5 Å². The normalized spacial score (nSPS) is 10.2. The van der Waals surface area contributed by atoms with Gasteiger partial charge >= 0.3 is 0 Å². The Bertz CT molecular complexity index is 571. The van der Waals surface area contributed by atoms with Gasteiger partial charge in [0.05, 0.1) is 0 Å². The number of rotatable bonds is 3. The third-order valence-corrected chi connectivity index (χ3v) is 2.76. The van der Waals surface area contributed by atoms with Crippen LogP contribution in [0.25, 0.3) is 0 Å². The molecule has 0 aliphatic carbocycles. The molecular weight excluding hydrogens is 226 g/mol. The molecule has 0 saturated heterocycles. The quantitative estimate of drug-likeness (QED) is 0.769. The molecule has 0 saturated carbocycles. The Morgan fingerprint density at radius 2 is 1.83 bits per heavy atom. The van der Waals surface area contributed by atoms with Crippen LogP contribution in [0.3, 0.4) is 0 Å². The van der Waals surface area contributed by atoms with Gasteiger partial charge in [-0.3, -0.25) is 4.79 Å². The fourth-order valence-electron chi connectivity index (χ4n) is 1.75. The number of hydrogen-bond acceptors (Lipinski definition) is 3. The lowest BCUT2D eigenvalue weighted by Gasteiger charge is -2.10. The smallest absolute Gasteiger partial charge is 0.219 e. The van der Waals surface area contributed by atoms with Crippen LogP contribution in [0.4, 0.5) is 0 Å². The van der Waals surface area contributed by atoms with Crippen LogP contribution in [0.2, 0.25) is 0 Å². The van der Waals surface area contributed by atoms with Gasteiger partial charge in [-0.25, -0.2) is 4.98 Å². The summed E-state index contributed by atoms with van der Waals surface area (Å²) in [6.45, 7) is 5.49. The number of ether oxygens (including phenoxy) is 1. The lowest BCUT2D eigenvalue weighted by molar-refractivity contribution is 0.101. The van der Waals surface area contributed by atoms with Gasteiger partial charge < -0.3 is 4.74 Å². The second-order valence-corrected chi connectivity index (χ2v) is 4.26. The molecule has 3 nitrogen and oxygen atoms in total. The third-order valence-electron chi connectivity index (χ3n) is 2.76. The summed E-state index contributed by atoms with van der Waals surface area (Å²) in [4.78, 5) is 15.4. The molecule has 1 heterocycles. The highest BCUT2D eigenvalue weighted by atomic mass is 16.5. The molecule has 1 aromatic heterocycles. The fourth-order valence-corrected chi connectivity index (χ4v) is 1.75. The summed E-state index contributed by atoms with van der Waals surface area (Å²) >= 11 is 0. The molecule has 0 atom stereocenters. The van der Waals surface area contributed by atoms with Gasteiger partial charge in [-0.2, -0.15) is 0 Å². The topological polar surface area (TPSA) is 39.2 Å². The maximum absolute atomic E-state index is 11.3. The number of carbonyl (C=O) groups is 1. The van der Waals surface area contributed by atoms with Gasteiger partial charge in [-0.1, -0.05) is 18.2 Å². The summed E-state index contributed by atoms with van der Waals surface area (Å²) in [7, 11) is 0. The second-order valence-electron chi connectivity index (χ2n) is 4.26. The zero-order chi connectivity index (χ0) is 13.1. The van der Waals surface area contributed by atoms with E-state index < -0.39 is 0 Å². The Balaban J connectivity index is 2.34. The first-order valence-corrected chi connectivity index (χ1v) is 5.79. The van der Waals surface area contributed by atoms with E-state index in [0.717, 1.165) is 16.9 Å². The molecule has 92 valence electrons. The Labute approximate surface area is 106 Å². The first kappa shape index (κ1) is 12.3. The number of aryl methyl sites for hydroxylation is 2. The largest absolute Gasteiger partial charge is 0.438 e. The molecule has 0 fully saturated rings. The van der Waals surface area contributed by atoms with Crippen molar-refractivity contribution in [1.82, 2.24) is 4.98 Å². The molecule has 1 aromatic carbocycles. The molecule has 2 rings (SSSR count). The van der Waals surface area contributed by atoms with Crippen molar-refractivity contribution in [2.24, 2.45) is 0 Å². The number of nitrogens with zero attached hydrogens (tertiary/aromatic N) is 1. The van der Waals surface area contributed by atoms with Crippen molar-refractivity contribution in [2.75, 3.05) is 0 Å². The first-order chi connectivity index (χ1) is 8.58. The van der Waals surface area contributed by atoms with E-state index in [1.54, 1.807) is 18.3 Å². The van der Waals surface area contributed by atoms with Crippen LogP contribution in [0.5, 0.6) is 11.6 Å². The molecule has 0 spiro atoms. The van der Waals surface area contributed by atoms with E-state index in [-0.39, 0.29) is 5.78 Å². The van der Waals surface area contributed by atoms with E-state index in [0.29, 0.717) is 11.4 Å². The standard InChI is InChI=1S/C15H15NO2/c1-10-5-4-6-11(2)15(10)18-14-9-13(12(3)17)7-8-16-14/h4-9H,1-3H3. The van der Waals surface area contributed by atoms with Crippen LogP contribution >= 0.6 is 0 Å². The summed E-state index contributed by atoms with van der Waals surface area (Å²) in [6.07, 6.45) is 1.58. The minimum Gasteiger partial charge on any atom is -0.438 e. The first-order valence-electron chi connectivity index (χ1n) is 5.79. The maximum Gasteiger partial charge on any atom is 0.219 e. The number of pyridine rings is 1. The maximum atomic E-state index is 11.3. The van der Waals surface area contributed by atoms with Gasteiger partial charge in [-0.15, -0.1) is 0 Å². The van der Waals surface area contributed by atoms with Crippen molar-refractivity contribution in [3.8, 4) is 11.6 Å². The highest BCUT2D eigenvalue weighted by Crippen LogP contribution is 2.27. The van der Waals surface area contributed by atoms with E-state index in [1.807, 2.05) is 32.0 Å². The molecule has 0 unspecified atom stereocenters. The van der Waals surface area contributed by atoms with Gasteiger partial charge in [0.1, 0.15) is 5.75 Å². The van der Waals surface area contributed by atoms with Crippen LogP contribution < -0.4 is 4.74 Å².